The van der Waals surface area contributed by atoms with Crippen molar-refractivity contribution >= 4 is 22.4 Å². The van der Waals surface area contributed by atoms with Crippen molar-refractivity contribution in [1.82, 2.24) is 15.4 Å². The van der Waals surface area contributed by atoms with Gasteiger partial charge in [0, 0.05) is 16.8 Å². The summed E-state index contributed by atoms with van der Waals surface area (Å²) in [7, 11) is 0. The van der Waals surface area contributed by atoms with Gasteiger partial charge in [-0.05, 0) is 29.0 Å². The Balaban J connectivity index is 2.20. The van der Waals surface area contributed by atoms with Crippen molar-refractivity contribution in [3.8, 4) is 11.3 Å². The third-order valence-electron chi connectivity index (χ3n) is 2.51. The van der Waals surface area contributed by atoms with Crippen LogP contribution in [-0.4, -0.2) is 15.4 Å². The number of fused-ring (bicyclic) bond motifs is 1. The number of aromatic nitrogens is 3. The zero-order valence-electron chi connectivity index (χ0n) is 8.31. The molecule has 0 atom stereocenters. The van der Waals surface area contributed by atoms with Crippen molar-refractivity contribution in [2.75, 3.05) is 0 Å². The van der Waals surface area contributed by atoms with Gasteiger partial charge in [-0.3, -0.25) is 5.10 Å². The summed E-state index contributed by atoms with van der Waals surface area (Å²) in [6, 6.07) is 12.0. The first-order chi connectivity index (χ1) is 7.83. The van der Waals surface area contributed by atoms with E-state index in [2.05, 4.69) is 21.5 Å². The highest BCUT2D eigenvalue weighted by atomic mass is 35.5. The van der Waals surface area contributed by atoms with Crippen LogP contribution in [0.5, 0.6) is 0 Å². The summed E-state index contributed by atoms with van der Waals surface area (Å²) < 4.78 is 0. The van der Waals surface area contributed by atoms with E-state index in [-0.39, 0.29) is 0 Å². The Kier molecular flexibility index (Phi) is 2.11. The van der Waals surface area contributed by atoms with Crippen LogP contribution in [0, 0.1) is 0 Å². The van der Waals surface area contributed by atoms with Crippen LogP contribution in [0.3, 0.4) is 0 Å². The molecule has 3 aromatic rings. The zero-order valence-corrected chi connectivity index (χ0v) is 9.07. The topological polar surface area (TPSA) is 41.6 Å². The number of rotatable bonds is 1. The van der Waals surface area contributed by atoms with Gasteiger partial charge in [0.2, 0.25) is 0 Å². The fourth-order valence-corrected chi connectivity index (χ4v) is 1.90. The molecule has 0 amide bonds. The van der Waals surface area contributed by atoms with Crippen LogP contribution in [0.1, 0.15) is 0 Å². The summed E-state index contributed by atoms with van der Waals surface area (Å²) in [6.45, 7) is 0. The number of H-pyrrole nitrogens is 1. The number of hydrogen-bond acceptors (Lipinski definition) is 2. The molecule has 0 aliphatic rings. The monoisotopic (exact) mass is 229 g/mol. The van der Waals surface area contributed by atoms with E-state index in [9.17, 15) is 0 Å². The van der Waals surface area contributed by atoms with Crippen LogP contribution in [0.4, 0.5) is 0 Å². The minimum Gasteiger partial charge on any atom is -0.265 e. The number of benzene rings is 2. The molecule has 16 heavy (non-hydrogen) atoms. The minimum atomic E-state index is 0.752. The molecular formula is C12H8ClN3. The van der Waals surface area contributed by atoms with E-state index in [1.807, 2.05) is 30.3 Å². The van der Waals surface area contributed by atoms with Gasteiger partial charge in [-0.2, -0.15) is 0 Å². The molecule has 4 heteroatoms. The van der Waals surface area contributed by atoms with Gasteiger partial charge in [-0.25, -0.2) is 0 Å². The molecule has 3 rings (SSSR count). The van der Waals surface area contributed by atoms with Crippen LogP contribution in [-0.2, 0) is 0 Å². The fraction of sp³-hybridized carbons (Fsp3) is 0. The predicted molar refractivity (Wildman–Crippen MR) is 64.3 cm³/mol. The fourth-order valence-electron chi connectivity index (χ4n) is 1.72. The van der Waals surface area contributed by atoms with Crippen molar-refractivity contribution in [2.45, 2.75) is 0 Å². The molecule has 3 nitrogen and oxygen atoms in total. The SMILES string of the molecule is Clc1ccc2cc(-c3c[nH]nn3)ccc2c1. The molecule has 0 saturated heterocycles. The van der Waals surface area contributed by atoms with Gasteiger partial charge in [0.05, 0.1) is 0 Å². The molecular weight excluding hydrogens is 222 g/mol. The molecule has 2 aromatic carbocycles. The third-order valence-corrected chi connectivity index (χ3v) is 2.75. The summed E-state index contributed by atoms with van der Waals surface area (Å²) in [5.41, 5.74) is 1.89. The molecule has 0 fully saturated rings. The lowest BCUT2D eigenvalue weighted by Gasteiger charge is -2.01. The molecule has 0 aliphatic heterocycles. The molecule has 1 N–H and O–H groups in total. The van der Waals surface area contributed by atoms with Gasteiger partial charge in [-0.15, -0.1) is 5.10 Å². The van der Waals surface area contributed by atoms with E-state index >= 15 is 0 Å². The van der Waals surface area contributed by atoms with E-state index in [4.69, 9.17) is 11.6 Å². The first kappa shape index (κ1) is 9.36. The van der Waals surface area contributed by atoms with Gasteiger partial charge in [0.15, 0.2) is 0 Å². The maximum absolute atomic E-state index is 5.93. The lowest BCUT2D eigenvalue weighted by molar-refractivity contribution is 0.942. The van der Waals surface area contributed by atoms with E-state index in [0.717, 1.165) is 27.1 Å². The van der Waals surface area contributed by atoms with Crippen molar-refractivity contribution in [3.05, 3.63) is 47.6 Å². The average molecular weight is 230 g/mol. The van der Waals surface area contributed by atoms with Crippen molar-refractivity contribution in [3.63, 3.8) is 0 Å². The summed E-state index contributed by atoms with van der Waals surface area (Å²) in [5, 5.41) is 13.4. The molecule has 0 saturated carbocycles. The van der Waals surface area contributed by atoms with E-state index in [1.165, 1.54) is 0 Å². The van der Waals surface area contributed by atoms with Gasteiger partial charge < -0.3 is 0 Å². The van der Waals surface area contributed by atoms with E-state index in [1.54, 1.807) is 6.20 Å². The van der Waals surface area contributed by atoms with Crippen molar-refractivity contribution in [2.24, 2.45) is 0 Å². The number of halogens is 1. The maximum atomic E-state index is 5.93. The lowest BCUT2D eigenvalue weighted by atomic mass is 10.1. The van der Waals surface area contributed by atoms with Crippen LogP contribution in [0.15, 0.2) is 42.6 Å². The average Bonchev–Trinajstić information content (AvgIpc) is 2.82. The van der Waals surface area contributed by atoms with Gasteiger partial charge in [-0.1, -0.05) is 35.0 Å². The van der Waals surface area contributed by atoms with Crippen LogP contribution >= 0.6 is 11.6 Å². The third kappa shape index (κ3) is 1.55. The van der Waals surface area contributed by atoms with Gasteiger partial charge >= 0.3 is 0 Å². The van der Waals surface area contributed by atoms with Crippen molar-refractivity contribution in [1.29, 1.82) is 0 Å². The predicted octanol–water partition coefficient (Wildman–Crippen LogP) is 3.28. The lowest BCUT2D eigenvalue weighted by Crippen LogP contribution is -1.79. The number of hydrogen-bond donors (Lipinski definition) is 1. The number of aromatic amines is 1. The molecule has 0 spiro atoms. The largest absolute Gasteiger partial charge is 0.265 e. The summed E-state index contributed by atoms with van der Waals surface area (Å²) in [5.74, 6) is 0. The highest BCUT2D eigenvalue weighted by Gasteiger charge is 2.02. The quantitative estimate of drug-likeness (QED) is 0.696. The zero-order chi connectivity index (χ0) is 11.0. The molecule has 0 unspecified atom stereocenters. The van der Waals surface area contributed by atoms with Crippen LogP contribution in [0.25, 0.3) is 22.0 Å². The van der Waals surface area contributed by atoms with Crippen LogP contribution in [0.2, 0.25) is 5.02 Å². The smallest absolute Gasteiger partial charge is 0.112 e. The Morgan fingerprint density at radius 2 is 1.81 bits per heavy atom. The second kappa shape index (κ2) is 3.61. The Morgan fingerprint density at radius 3 is 2.62 bits per heavy atom. The Bertz CT molecular complexity index is 632. The molecule has 1 aromatic heterocycles. The summed E-state index contributed by atoms with van der Waals surface area (Å²) >= 11 is 5.93. The number of nitrogens with zero attached hydrogens (tertiary/aromatic N) is 2. The summed E-state index contributed by atoms with van der Waals surface area (Å²) in [6.07, 6.45) is 1.77. The second-order valence-electron chi connectivity index (χ2n) is 3.56. The normalized spacial score (nSPS) is 10.8. The van der Waals surface area contributed by atoms with E-state index in [0.29, 0.717) is 0 Å². The highest BCUT2D eigenvalue weighted by molar-refractivity contribution is 6.31. The first-order valence-corrected chi connectivity index (χ1v) is 5.27. The molecule has 0 radical (unpaired) electrons. The van der Waals surface area contributed by atoms with Gasteiger partial charge in [0.1, 0.15) is 5.69 Å². The standard InChI is InChI=1S/C12H8ClN3/c13-11-4-3-8-5-10(2-1-9(8)6-11)12-7-14-16-15-12/h1-7H,(H,14,15,16). The highest BCUT2D eigenvalue weighted by Crippen LogP contribution is 2.24. The first-order valence-electron chi connectivity index (χ1n) is 4.89. The molecule has 1 heterocycles. The van der Waals surface area contributed by atoms with Crippen LogP contribution < -0.4 is 0 Å². The summed E-state index contributed by atoms with van der Waals surface area (Å²) in [4.78, 5) is 0. The Hall–Kier alpha value is -1.87. The Morgan fingerprint density at radius 1 is 1.00 bits per heavy atom. The minimum absolute atomic E-state index is 0.752. The second-order valence-corrected chi connectivity index (χ2v) is 4.00. The number of nitrogens with one attached hydrogen (secondary N) is 1. The molecule has 0 aliphatic carbocycles. The van der Waals surface area contributed by atoms with Crippen molar-refractivity contribution < 1.29 is 0 Å². The molecule has 78 valence electrons. The Labute approximate surface area is 97.1 Å². The van der Waals surface area contributed by atoms with Gasteiger partial charge in [0.25, 0.3) is 0 Å². The van der Waals surface area contributed by atoms with E-state index < -0.39 is 0 Å². The molecule has 0 bridgehead atoms. The maximum Gasteiger partial charge on any atom is 0.112 e.